The molecule has 0 saturated carbocycles. The highest BCUT2D eigenvalue weighted by atomic mass is 35.5. The predicted molar refractivity (Wildman–Crippen MR) is 78.0 cm³/mol. The van der Waals surface area contributed by atoms with E-state index in [4.69, 9.17) is 11.6 Å². The number of nitrogens with zero attached hydrogens (tertiary/aromatic N) is 4. The maximum absolute atomic E-state index is 11.9. The molecule has 0 radical (unpaired) electrons. The highest BCUT2D eigenvalue weighted by molar-refractivity contribution is 7.10. The fraction of sp³-hybridized carbons (Fsp3) is 0.0769. The Labute approximate surface area is 123 Å². The summed E-state index contributed by atoms with van der Waals surface area (Å²) in [5.74, 6) is 0. The number of halogens is 1. The van der Waals surface area contributed by atoms with Crippen molar-refractivity contribution in [2.45, 2.75) is 6.54 Å². The lowest BCUT2D eigenvalue weighted by Crippen LogP contribution is -2.23. The van der Waals surface area contributed by atoms with Gasteiger partial charge in [0.25, 0.3) is 5.56 Å². The van der Waals surface area contributed by atoms with E-state index in [-0.39, 0.29) is 12.1 Å². The second-order valence-corrected chi connectivity index (χ2v) is 5.43. The number of benzene rings is 1. The van der Waals surface area contributed by atoms with E-state index in [1.807, 2.05) is 30.3 Å². The second-order valence-electron chi connectivity index (χ2n) is 4.07. The molecule has 0 fully saturated rings. The molecule has 100 valence electrons. The molecule has 0 aliphatic heterocycles. The summed E-state index contributed by atoms with van der Waals surface area (Å²) in [6.07, 6.45) is 0. The average molecular weight is 305 g/mol. The molecule has 0 spiro atoms. The first-order valence-electron chi connectivity index (χ1n) is 5.84. The molecular weight excluding hydrogens is 296 g/mol. The van der Waals surface area contributed by atoms with Crippen LogP contribution in [0.4, 0.5) is 0 Å². The predicted octanol–water partition coefficient (Wildman–Crippen LogP) is 2.46. The molecule has 20 heavy (non-hydrogen) atoms. The van der Waals surface area contributed by atoms with Crippen LogP contribution in [0.15, 0.2) is 47.3 Å². The van der Waals surface area contributed by atoms with E-state index in [0.29, 0.717) is 10.0 Å². The molecule has 3 rings (SSSR count). The Morgan fingerprint density at radius 1 is 1.15 bits per heavy atom. The van der Waals surface area contributed by atoms with Crippen LogP contribution in [0.3, 0.4) is 0 Å². The number of hydrogen-bond donors (Lipinski definition) is 0. The minimum Gasteiger partial charge on any atom is -0.268 e. The first-order valence-corrected chi connectivity index (χ1v) is 6.99. The first-order chi connectivity index (χ1) is 9.74. The highest BCUT2D eigenvalue weighted by Gasteiger charge is 2.09. The zero-order valence-electron chi connectivity index (χ0n) is 10.2. The molecule has 2 heterocycles. The fourth-order valence-corrected chi connectivity index (χ4v) is 2.37. The summed E-state index contributed by atoms with van der Waals surface area (Å²) in [5, 5.41) is 8.23. The van der Waals surface area contributed by atoms with E-state index in [0.717, 1.165) is 22.8 Å². The van der Waals surface area contributed by atoms with Crippen LogP contribution < -0.4 is 5.56 Å². The lowest BCUT2D eigenvalue weighted by Gasteiger charge is -2.05. The van der Waals surface area contributed by atoms with Gasteiger partial charge in [0.05, 0.1) is 12.2 Å². The molecule has 0 N–H and O–H groups in total. The quantitative estimate of drug-likeness (QED) is 0.746. The van der Waals surface area contributed by atoms with E-state index >= 15 is 0 Å². The van der Waals surface area contributed by atoms with Crippen molar-refractivity contribution >= 4 is 23.1 Å². The molecule has 7 heteroatoms. The van der Waals surface area contributed by atoms with Crippen LogP contribution in [0.5, 0.6) is 0 Å². The van der Waals surface area contributed by atoms with Crippen LogP contribution in [-0.4, -0.2) is 19.4 Å². The minimum atomic E-state index is -0.200. The van der Waals surface area contributed by atoms with E-state index in [2.05, 4.69) is 14.7 Å². The maximum Gasteiger partial charge on any atom is 0.267 e. The largest absolute Gasteiger partial charge is 0.268 e. The number of aromatic nitrogens is 4. The molecule has 0 bridgehead atoms. The zero-order chi connectivity index (χ0) is 13.9. The monoisotopic (exact) mass is 304 g/mol. The summed E-state index contributed by atoms with van der Waals surface area (Å²) in [4.78, 5) is 11.9. The Morgan fingerprint density at radius 3 is 2.65 bits per heavy atom. The van der Waals surface area contributed by atoms with Gasteiger partial charge in [0.1, 0.15) is 10.0 Å². The van der Waals surface area contributed by atoms with Gasteiger partial charge in [-0.1, -0.05) is 46.4 Å². The van der Waals surface area contributed by atoms with Crippen LogP contribution in [0.2, 0.25) is 4.34 Å². The standard InChI is InChI=1S/C13H9ClN4OS/c14-13-11(15-17-20-13)8-18-12(19)7-6-10(16-18)9-4-2-1-3-5-9/h1-7H,8H2. The lowest BCUT2D eigenvalue weighted by atomic mass is 10.1. The van der Waals surface area contributed by atoms with E-state index < -0.39 is 0 Å². The molecule has 0 saturated heterocycles. The van der Waals surface area contributed by atoms with Crippen LogP contribution in [-0.2, 0) is 6.54 Å². The van der Waals surface area contributed by atoms with Crippen molar-refractivity contribution in [3.05, 3.63) is 62.8 Å². The molecule has 2 aromatic heterocycles. The third-order valence-corrected chi connectivity index (χ3v) is 3.73. The van der Waals surface area contributed by atoms with E-state index in [1.165, 1.54) is 10.7 Å². The lowest BCUT2D eigenvalue weighted by molar-refractivity contribution is 0.630. The van der Waals surface area contributed by atoms with Gasteiger partial charge in [-0.15, -0.1) is 5.10 Å². The van der Waals surface area contributed by atoms with Gasteiger partial charge in [0.2, 0.25) is 0 Å². The van der Waals surface area contributed by atoms with Gasteiger partial charge < -0.3 is 0 Å². The van der Waals surface area contributed by atoms with Gasteiger partial charge in [-0.05, 0) is 6.07 Å². The summed E-state index contributed by atoms with van der Waals surface area (Å²) in [6, 6.07) is 12.8. The molecule has 3 aromatic rings. The molecule has 0 amide bonds. The van der Waals surface area contributed by atoms with Crippen molar-refractivity contribution in [1.82, 2.24) is 19.4 Å². The first kappa shape index (κ1) is 13.0. The Hall–Kier alpha value is -2.05. The Balaban J connectivity index is 2.00. The Kier molecular flexibility index (Phi) is 3.58. The van der Waals surface area contributed by atoms with Crippen LogP contribution in [0, 0.1) is 0 Å². The summed E-state index contributed by atoms with van der Waals surface area (Å²) < 4.78 is 5.56. The fourth-order valence-electron chi connectivity index (χ4n) is 1.76. The van der Waals surface area contributed by atoms with Crippen molar-refractivity contribution < 1.29 is 0 Å². The summed E-state index contributed by atoms with van der Waals surface area (Å²) in [7, 11) is 0. The van der Waals surface area contributed by atoms with Gasteiger partial charge in [0.15, 0.2) is 0 Å². The topological polar surface area (TPSA) is 60.7 Å². The molecular formula is C13H9ClN4OS. The van der Waals surface area contributed by atoms with Crippen molar-refractivity contribution in [3.8, 4) is 11.3 Å². The zero-order valence-corrected chi connectivity index (χ0v) is 11.8. The molecule has 0 aliphatic carbocycles. The SMILES string of the molecule is O=c1ccc(-c2ccccc2)nn1Cc1nnsc1Cl. The maximum atomic E-state index is 11.9. The van der Waals surface area contributed by atoms with Crippen LogP contribution in [0.25, 0.3) is 11.3 Å². The molecule has 0 atom stereocenters. The third kappa shape index (κ3) is 2.61. The van der Waals surface area contributed by atoms with Crippen LogP contribution in [0.1, 0.15) is 5.69 Å². The average Bonchev–Trinajstić information content (AvgIpc) is 2.88. The van der Waals surface area contributed by atoms with Gasteiger partial charge >= 0.3 is 0 Å². The van der Waals surface area contributed by atoms with Gasteiger partial charge in [-0.3, -0.25) is 4.79 Å². The Morgan fingerprint density at radius 2 is 1.95 bits per heavy atom. The van der Waals surface area contributed by atoms with Crippen molar-refractivity contribution in [2.24, 2.45) is 0 Å². The van der Waals surface area contributed by atoms with Crippen molar-refractivity contribution in [1.29, 1.82) is 0 Å². The summed E-state index contributed by atoms with van der Waals surface area (Å²) in [6.45, 7) is 0.217. The van der Waals surface area contributed by atoms with E-state index in [1.54, 1.807) is 6.07 Å². The molecule has 0 aliphatic rings. The molecule has 5 nitrogen and oxygen atoms in total. The minimum absolute atomic E-state index is 0.200. The highest BCUT2D eigenvalue weighted by Crippen LogP contribution is 2.18. The third-order valence-electron chi connectivity index (χ3n) is 2.75. The van der Waals surface area contributed by atoms with Crippen LogP contribution >= 0.6 is 23.1 Å². The number of rotatable bonds is 3. The smallest absolute Gasteiger partial charge is 0.267 e. The van der Waals surface area contributed by atoms with E-state index in [9.17, 15) is 4.79 Å². The Bertz CT molecular complexity index is 784. The molecule has 0 unspecified atom stereocenters. The summed E-state index contributed by atoms with van der Waals surface area (Å²) >= 11 is 7.04. The van der Waals surface area contributed by atoms with Gasteiger partial charge in [-0.2, -0.15) is 5.10 Å². The summed E-state index contributed by atoms with van der Waals surface area (Å²) in [5.41, 5.74) is 2.03. The normalized spacial score (nSPS) is 10.7. The van der Waals surface area contributed by atoms with Crippen molar-refractivity contribution in [3.63, 3.8) is 0 Å². The second kappa shape index (κ2) is 5.52. The van der Waals surface area contributed by atoms with Gasteiger partial charge in [-0.25, -0.2) is 4.68 Å². The molecule has 1 aromatic carbocycles. The number of hydrogen-bond acceptors (Lipinski definition) is 5. The van der Waals surface area contributed by atoms with Crippen molar-refractivity contribution in [2.75, 3.05) is 0 Å². The van der Waals surface area contributed by atoms with Gasteiger partial charge in [0, 0.05) is 23.2 Å².